The van der Waals surface area contributed by atoms with E-state index in [2.05, 4.69) is 19.3 Å². The Morgan fingerprint density at radius 3 is 2.38 bits per heavy atom. The highest BCUT2D eigenvalue weighted by Gasteiger charge is 2.46. The van der Waals surface area contributed by atoms with Crippen LogP contribution >= 0.6 is 0 Å². The minimum Gasteiger partial charge on any atom is -0.435 e. The van der Waals surface area contributed by atoms with E-state index in [-0.39, 0.29) is 17.2 Å². The second-order valence-electron chi connectivity index (χ2n) is 9.09. The Hall–Kier alpha value is -3.33. The maximum absolute atomic E-state index is 13.3. The molecule has 2 aromatic heterocycles. The number of aryl methyl sites for hydroxylation is 1. The first-order valence-electron chi connectivity index (χ1n) is 11.4. The molecule has 3 aromatic rings. The second kappa shape index (κ2) is 9.13. The van der Waals surface area contributed by atoms with E-state index < -0.39 is 6.61 Å². The maximum atomic E-state index is 13.3. The molecule has 1 amide bonds. The fourth-order valence-electron chi connectivity index (χ4n) is 5.00. The summed E-state index contributed by atoms with van der Waals surface area (Å²) in [5.74, 6) is 1.14. The zero-order valence-corrected chi connectivity index (χ0v) is 19.0. The number of anilines is 1. The number of carbonyl (C=O) groups is 1. The molecule has 1 fully saturated rings. The van der Waals surface area contributed by atoms with E-state index in [1.54, 1.807) is 24.5 Å². The zero-order valence-electron chi connectivity index (χ0n) is 19.0. The van der Waals surface area contributed by atoms with Crippen molar-refractivity contribution in [2.45, 2.75) is 51.4 Å². The summed E-state index contributed by atoms with van der Waals surface area (Å²) in [5.41, 5.74) is 2.65. The van der Waals surface area contributed by atoms with Gasteiger partial charge >= 0.3 is 6.61 Å². The van der Waals surface area contributed by atoms with Crippen molar-refractivity contribution in [1.82, 2.24) is 19.7 Å². The lowest BCUT2D eigenvalue weighted by Gasteiger charge is -2.46. The molecule has 0 N–H and O–H groups in total. The number of nitrogens with zero attached hydrogens (tertiary/aromatic N) is 5. The molecular formula is C25H27F2N5O2. The molecule has 2 aliphatic rings. The third kappa shape index (κ3) is 4.52. The van der Waals surface area contributed by atoms with E-state index in [0.717, 1.165) is 55.1 Å². The predicted octanol–water partition coefficient (Wildman–Crippen LogP) is 4.12. The molecule has 34 heavy (non-hydrogen) atoms. The zero-order chi connectivity index (χ0) is 23.7. The number of hydrogen-bond donors (Lipinski definition) is 0. The third-order valence-electron chi connectivity index (χ3n) is 6.75. The SMILES string of the molecule is Cc1cc2n(n1)C1(CCN(Cc3ccc(OC(F)F)cc3)CC1)CC(=O)N2Cc1ccncc1. The van der Waals surface area contributed by atoms with Crippen molar-refractivity contribution in [3.8, 4) is 5.75 Å². The Kier molecular flexibility index (Phi) is 6.03. The number of alkyl halides is 2. The molecule has 2 aliphatic heterocycles. The van der Waals surface area contributed by atoms with Gasteiger partial charge in [0.05, 0.1) is 24.2 Å². The number of benzene rings is 1. The van der Waals surface area contributed by atoms with Gasteiger partial charge in [0.25, 0.3) is 0 Å². The van der Waals surface area contributed by atoms with E-state index in [9.17, 15) is 13.6 Å². The van der Waals surface area contributed by atoms with Crippen LogP contribution in [0.1, 0.15) is 36.1 Å². The quantitative estimate of drug-likeness (QED) is 0.546. The maximum Gasteiger partial charge on any atom is 0.387 e. The van der Waals surface area contributed by atoms with Crippen LogP contribution in [0, 0.1) is 6.92 Å². The standard InChI is InChI=1S/C25H27F2N5O2/c1-18-14-22-31(17-20-6-10-28-11-7-20)23(33)15-25(32(22)29-18)8-12-30(13-9-25)16-19-2-4-21(5-3-19)34-24(26)27/h2-7,10-11,14,24H,8-9,12-13,15-17H2,1H3. The minimum atomic E-state index is -2.82. The van der Waals surface area contributed by atoms with E-state index in [1.165, 1.54) is 0 Å². The van der Waals surface area contributed by atoms with Crippen LogP contribution in [-0.4, -0.2) is 45.3 Å². The number of hydrogen-bond acceptors (Lipinski definition) is 5. The van der Waals surface area contributed by atoms with E-state index >= 15 is 0 Å². The number of carbonyl (C=O) groups excluding carboxylic acids is 1. The first-order chi connectivity index (χ1) is 16.4. The van der Waals surface area contributed by atoms with Crippen LogP contribution in [0.3, 0.4) is 0 Å². The van der Waals surface area contributed by atoms with Crippen molar-refractivity contribution in [1.29, 1.82) is 0 Å². The Bertz CT molecular complexity index is 1140. The molecule has 7 nitrogen and oxygen atoms in total. The summed E-state index contributed by atoms with van der Waals surface area (Å²) in [6.07, 6.45) is 5.55. The van der Waals surface area contributed by atoms with E-state index in [0.29, 0.717) is 13.0 Å². The minimum absolute atomic E-state index is 0.118. The molecule has 9 heteroatoms. The van der Waals surface area contributed by atoms with Gasteiger partial charge in [-0.15, -0.1) is 0 Å². The van der Waals surface area contributed by atoms with Gasteiger partial charge < -0.3 is 4.74 Å². The van der Waals surface area contributed by atoms with Crippen molar-refractivity contribution in [2.75, 3.05) is 18.0 Å². The van der Waals surface area contributed by atoms with Gasteiger partial charge in [0.15, 0.2) is 0 Å². The van der Waals surface area contributed by atoms with Crippen molar-refractivity contribution >= 4 is 11.7 Å². The van der Waals surface area contributed by atoms with Crippen LogP contribution in [0.15, 0.2) is 54.9 Å². The fourth-order valence-corrected chi connectivity index (χ4v) is 5.00. The van der Waals surface area contributed by atoms with Gasteiger partial charge in [-0.2, -0.15) is 13.9 Å². The summed E-state index contributed by atoms with van der Waals surface area (Å²) in [6.45, 7) is 2.01. The predicted molar refractivity (Wildman–Crippen MR) is 123 cm³/mol. The molecule has 0 aliphatic carbocycles. The molecule has 178 valence electrons. The Balaban J connectivity index is 1.29. The van der Waals surface area contributed by atoms with Crippen molar-refractivity contribution in [2.24, 2.45) is 0 Å². The van der Waals surface area contributed by atoms with Gasteiger partial charge in [-0.05, 0) is 55.2 Å². The van der Waals surface area contributed by atoms with E-state index in [4.69, 9.17) is 5.10 Å². The van der Waals surface area contributed by atoms with Gasteiger partial charge in [-0.25, -0.2) is 4.68 Å². The van der Waals surface area contributed by atoms with Crippen LogP contribution in [-0.2, 0) is 23.4 Å². The molecule has 1 spiro atoms. The number of fused-ring (bicyclic) bond motifs is 2. The fraction of sp³-hybridized carbons (Fsp3) is 0.400. The molecule has 0 bridgehead atoms. The number of aromatic nitrogens is 3. The van der Waals surface area contributed by atoms with Crippen LogP contribution in [0.5, 0.6) is 5.75 Å². The Labute approximate surface area is 197 Å². The smallest absolute Gasteiger partial charge is 0.387 e. The first-order valence-corrected chi connectivity index (χ1v) is 11.4. The molecule has 1 saturated heterocycles. The number of piperidine rings is 1. The normalized spacial score (nSPS) is 17.9. The van der Waals surface area contributed by atoms with Crippen LogP contribution < -0.4 is 9.64 Å². The Morgan fingerprint density at radius 2 is 1.71 bits per heavy atom. The van der Waals surface area contributed by atoms with Gasteiger partial charge in [0.2, 0.25) is 5.91 Å². The molecule has 0 saturated carbocycles. The highest BCUT2D eigenvalue weighted by Crippen LogP contribution is 2.42. The monoisotopic (exact) mass is 467 g/mol. The van der Waals surface area contributed by atoms with Crippen LogP contribution in [0.2, 0.25) is 0 Å². The van der Waals surface area contributed by atoms with Gasteiger partial charge in [-0.3, -0.25) is 19.6 Å². The summed E-state index contributed by atoms with van der Waals surface area (Å²) in [7, 11) is 0. The summed E-state index contributed by atoms with van der Waals surface area (Å²) in [4.78, 5) is 21.5. The van der Waals surface area contributed by atoms with Crippen molar-refractivity contribution in [3.05, 3.63) is 71.7 Å². The average molecular weight is 468 g/mol. The largest absolute Gasteiger partial charge is 0.435 e. The topological polar surface area (TPSA) is 63.5 Å². The highest BCUT2D eigenvalue weighted by atomic mass is 19.3. The van der Waals surface area contributed by atoms with Gasteiger partial charge in [-0.1, -0.05) is 12.1 Å². The summed E-state index contributed by atoms with van der Waals surface area (Å²) < 4.78 is 31.2. The first kappa shape index (κ1) is 22.5. The number of rotatable bonds is 6. The lowest BCUT2D eigenvalue weighted by molar-refractivity contribution is -0.123. The summed E-state index contributed by atoms with van der Waals surface area (Å²) in [6, 6.07) is 12.6. The lowest BCUT2D eigenvalue weighted by Crippen LogP contribution is -2.53. The van der Waals surface area contributed by atoms with Crippen molar-refractivity contribution < 1.29 is 18.3 Å². The molecule has 1 aromatic carbocycles. The molecule has 4 heterocycles. The second-order valence-corrected chi connectivity index (χ2v) is 9.09. The number of likely N-dealkylation sites (tertiary alicyclic amines) is 1. The number of ether oxygens (including phenoxy) is 1. The Morgan fingerprint density at radius 1 is 1.03 bits per heavy atom. The molecule has 0 atom stereocenters. The summed E-state index contributed by atoms with van der Waals surface area (Å²) >= 11 is 0. The van der Waals surface area contributed by atoms with Gasteiger partial charge in [0.1, 0.15) is 11.6 Å². The van der Waals surface area contributed by atoms with Crippen LogP contribution in [0.4, 0.5) is 14.6 Å². The molecule has 5 rings (SSSR count). The van der Waals surface area contributed by atoms with E-state index in [1.807, 2.05) is 42.2 Å². The number of pyridine rings is 1. The van der Waals surface area contributed by atoms with Crippen molar-refractivity contribution in [3.63, 3.8) is 0 Å². The molecule has 0 unspecified atom stereocenters. The molecule has 0 radical (unpaired) electrons. The highest BCUT2D eigenvalue weighted by molar-refractivity contribution is 5.94. The van der Waals surface area contributed by atoms with Crippen LogP contribution in [0.25, 0.3) is 0 Å². The third-order valence-corrected chi connectivity index (χ3v) is 6.75. The van der Waals surface area contributed by atoms with Gasteiger partial charge in [0, 0.05) is 38.1 Å². The molecular weight excluding hydrogens is 440 g/mol. The average Bonchev–Trinajstić information content (AvgIpc) is 3.22. The number of halogens is 2. The summed E-state index contributed by atoms with van der Waals surface area (Å²) in [5, 5.41) is 4.81. The lowest BCUT2D eigenvalue weighted by atomic mass is 9.82. The number of amides is 1.